The summed E-state index contributed by atoms with van der Waals surface area (Å²) in [5.74, 6) is 4.30. The Morgan fingerprint density at radius 2 is 0.925 bits per heavy atom. The molecule has 0 atom stereocenters. The Labute approximate surface area is 347 Å². The summed E-state index contributed by atoms with van der Waals surface area (Å²) in [5, 5.41) is 7.00. The van der Waals surface area contributed by atoms with Gasteiger partial charge in [-0.1, -0.05) is 46.1 Å². The minimum atomic E-state index is -2.31. The maximum absolute atomic E-state index is 8.40. The van der Waals surface area contributed by atoms with Crippen molar-refractivity contribution in [2.45, 2.75) is 90.8 Å². The van der Waals surface area contributed by atoms with Crippen molar-refractivity contribution >= 4 is 91.8 Å². The summed E-state index contributed by atoms with van der Waals surface area (Å²) in [4.78, 5) is 0. The third-order valence-electron chi connectivity index (χ3n) is 5.55. The van der Waals surface area contributed by atoms with Gasteiger partial charge in [0.1, 0.15) is 0 Å². The Hall–Kier alpha value is 0.531. The number of thiol groups is 2. The van der Waals surface area contributed by atoms with Crippen LogP contribution in [0.15, 0.2) is 12.7 Å². The monoisotopic (exact) mass is 926 g/mol. The number of unbranched alkanes of at least 4 members (excludes halogenated alkanes) is 3. The molecule has 53 heavy (non-hydrogen) atoms. The van der Waals surface area contributed by atoms with Gasteiger partial charge < -0.3 is 40.5 Å². The van der Waals surface area contributed by atoms with Gasteiger partial charge in [0.15, 0.2) is 0 Å². The average molecular weight is 928 g/mol. The molecule has 0 saturated carbocycles. The molecule has 0 aromatic carbocycles. The van der Waals surface area contributed by atoms with Crippen LogP contribution in [0.1, 0.15) is 72.1 Å². The van der Waals surface area contributed by atoms with Crippen molar-refractivity contribution in [2.75, 3.05) is 87.0 Å². The lowest BCUT2D eigenvalue weighted by Crippen LogP contribution is -2.42. The molecule has 1 N–H and O–H groups in total. The highest BCUT2D eigenvalue weighted by Gasteiger charge is 2.37. The van der Waals surface area contributed by atoms with Crippen LogP contribution < -0.4 is 0 Å². The molecular formula is C29H74O15S3Si6. The maximum Gasteiger partial charge on any atom is 0.549 e. The number of hydrogen-bond donors (Lipinski definition) is 3. The highest BCUT2D eigenvalue weighted by Crippen LogP contribution is 2.18. The molecule has 0 heterocycles. The molecule has 15 nitrogen and oxygen atoms in total. The quantitative estimate of drug-likeness (QED) is 0.0529. The molecule has 24 heteroatoms. The predicted octanol–water partition coefficient (Wildman–Crippen LogP) is 5.54. The predicted molar refractivity (Wildman–Crippen MR) is 229 cm³/mol. The van der Waals surface area contributed by atoms with E-state index in [1.54, 1.807) is 56.9 Å². The van der Waals surface area contributed by atoms with E-state index >= 15 is 0 Å². The van der Waals surface area contributed by atoms with Gasteiger partial charge in [-0.3, -0.25) is 26.8 Å². The van der Waals surface area contributed by atoms with Gasteiger partial charge in [0.2, 0.25) is 0 Å². The molecule has 0 aromatic rings. The summed E-state index contributed by atoms with van der Waals surface area (Å²) in [7, 11) is 4.22. The van der Waals surface area contributed by atoms with E-state index in [0.717, 1.165) is 50.0 Å². The van der Waals surface area contributed by atoms with Crippen LogP contribution in [0.25, 0.3) is 0 Å². The molecule has 0 aliphatic carbocycles. The van der Waals surface area contributed by atoms with E-state index < -0.39 is 54.8 Å². The first kappa shape index (κ1) is 74.5. The average Bonchev–Trinajstić information content (AvgIpc) is 3.19. The second-order valence-electron chi connectivity index (χ2n) is 8.93. The van der Waals surface area contributed by atoms with Crippen molar-refractivity contribution in [1.29, 1.82) is 0 Å². The molecule has 0 aliphatic heterocycles. The zero-order chi connectivity index (χ0) is 43.7. The molecule has 0 amide bonds. The topological polar surface area (TPSA) is 196 Å². The molecule has 0 aliphatic rings. The second kappa shape index (κ2) is 77.1. The van der Waals surface area contributed by atoms with Crippen LogP contribution in [0, 0.1) is 0 Å². The van der Waals surface area contributed by atoms with Gasteiger partial charge in [0.05, 0.1) is 0 Å². The zero-order valence-electron chi connectivity index (χ0n) is 34.7. The fraction of sp³-hybridized carbons (Fsp3) is 0.931. The van der Waals surface area contributed by atoms with Crippen LogP contribution >= 0.6 is 37.0 Å². The van der Waals surface area contributed by atoms with Crippen LogP contribution in [0.3, 0.4) is 0 Å². The largest absolute Gasteiger partial charge is 0.549 e. The van der Waals surface area contributed by atoms with E-state index in [4.69, 9.17) is 67.3 Å². The third-order valence-corrected chi connectivity index (χ3v) is 14.5. The van der Waals surface area contributed by atoms with Crippen molar-refractivity contribution in [3.8, 4) is 0 Å². The molecule has 0 spiro atoms. The highest BCUT2D eigenvalue weighted by molar-refractivity contribution is 7.99. The molecule has 0 bridgehead atoms. The highest BCUT2D eigenvalue weighted by atomic mass is 32.2. The summed E-state index contributed by atoms with van der Waals surface area (Å²) in [6, 6.07) is 1.75. The van der Waals surface area contributed by atoms with Crippen LogP contribution in [0.2, 0.25) is 18.6 Å². The molecule has 322 valence electrons. The second-order valence-corrected chi connectivity index (χ2v) is 19.8. The number of rotatable bonds is 22. The van der Waals surface area contributed by atoms with E-state index in [9.17, 15) is 0 Å². The Morgan fingerprint density at radius 3 is 1.11 bits per heavy atom. The molecule has 0 aromatic heterocycles. The van der Waals surface area contributed by atoms with Gasteiger partial charge in [0.25, 0.3) is 0 Å². The van der Waals surface area contributed by atoms with E-state index in [0.29, 0.717) is 0 Å². The molecule has 0 unspecified atom stereocenters. The smallest absolute Gasteiger partial charge is 0.400 e. The van der Waals surface area contributed by atoms with Crippen LogP contribution in [0.5, 0.6) is 0 Å². The maximum atomic E-state index is 8.40. The first-order chi connectivity index (χ1) is 25.4. The Balaban J connectivity index is -0.0000000650. The van der Waals surface area contributed by atoms with Gasteiger partial charge in [-0.05, 0) is 61.7 Å². The van der Waals surface area contributed by atoms with Crippen molar-refractivity contribution in [3.05, 3.63) is 12.7 Å². The van der Waals surface area contributed by atoms with Crippen LogP contribution in [-0.4, -0.2) is 147 Å². The van der Waals surface area contributed by atoms with Gasteiger partial charge in [-0.2, -0.15) is 37.0 Å². The molecular weight excluding hydrogens is 853 g/mol. The number of thioether (sulfide) groups is 1. The lowest BCUT2D eigenvalue weighted by Gasteiger charge is -2.24. The summed E-state index contributed by atoms with van der Waals surface area (Å²) in [6.45, 7) is 12.0. The molecule has 0 fully saturated rings. The number of hydrogen-bond acceptors (Lipinski definition) is 18. The lowest BCUT2D eigenvalue weighted by molar-refractivity contribution is 0.123. The van der Waals surface area contributed by atoms with E-state index in [1.807, 2.05) is 24.4 Å². The SMILES string of the molecule is C=CCCC.CCCCCSCCC[Si](OC)(OC)OC.CCCS.CO.CO[SiH](C)OC.CO[Si](CCCS)(OC)OC.O=[Si]=O.O=[Si]=O.O=[Si]=O. The summed E-state index contributed by atoms with van der Waals surface area (Å²) in [5.41, 5.74) is 0. The molecule has 0 saturated heterocycles. The van der Waals surface area contributed by atoms with Crippen molar-refractivity contribution < 1.29 is 67.3 Å². The summed E-state index contributed by atoms with van der Waals surface area (Å²) < 4.78 is 91.7. The van der Waals surface area contributed by atoms with E-state index in [-0.39, 0.29) is 0 Å². The number of aliphatic hydroxyl groups is 1. The Morgan fingerprint density at radius 1 is 0.604 bits per heavy atom. The fourth-order valence-corrected chi connectivity index (χ4v) is 7.96. The Kier molecular flexibility index (Phi) is 108. The molecule has 0 rings (SSSR count). The van der Waals surface area contributed by atoms with Crippen LogP contribution in [-0.2, 0) is 62.2 Å². The lowest BCUT2D eigenvalue weighted by atomic mass is 10.3. The third kappa shape index (κ3) is 81.7. The first-order valence-electron chi connectivity index (χ1n) is 16.6. The number of aliphatic hydroxyl groups excluding tert-OH is 1. The van der Waals surface area contributed by atoms with Gasteiger partial charge in [-0.25, -0.2) is 0 Å². The molecule has 0 radical (unpaired) electrons. The van der Waals surface area contributed by atoms with Gasteiger partial charge >= 0.3 is 54.8 Å². The zero-order valence-corrected chi connectivity index (χ0v) is 43.5. The van der Waals surface area contributed by atoms with Crippen molar-refractivity contribution in [1.82, 2.24) is 0 Å². The van der Waals surface area contributed by atoms with E-state index in [1.165, 1.54) is 43.6 Å². The minimum absolute atomic E-state index is 0.833. The first-order valence-corrected chi connectivity index (χ1v) is 27.4. The van der Waals surface area contributed by atoms with Crippen molar-refractivity contribution in [2.24, 2.45) is 0 Å². The normalized spacial score (nSPS) is 9.08. The Bertz CT molecular complexity index is 683. The van der Waals surface area contributed by atoms with Crippen LogP contribution in [0.4, 0.5) is 0 Å². The number of allylic oxidation sites excluding steroid dienone is 1. The van der Waals surface area contributed by atoms with E-state index in [2.05, 4.69) is 52.6 Å². The minimum Gasteiger partial charge on any atom is -0.400 e. The van der Waals surface area contributed by atoms with Crippen molar-refractivity contribution in [3.63, 3.8) is 0 Å². The van der Waals surface area contributed by atoms with Gasteiger partial charge in [-0.15, -0.1) is 6.58 Å². The van der Waals surface area contributed by atoms with Gasteiger partial charge in [0, 0.05) is 76.1 Å². The summed E-state index contributed by atoms with van der Waals surface area (Å²) >= 11 is 10.0. The summed E-state index contributed by atoms with van der Waals surface area (Å²) in [6.07, 6.45) is 11.5. The fourth-order valence-electron chi connectivity index (χ4n) is 2.66. The standard InChI is InChI=1S/C11H26O3SSi.C6H16O3SSi.C5H10.C3H10O2Si.C3H8S.CH4O.3O2Si/c1-5-6-7-9-15-10-8-11-16(12-2,13-3)14-4;1-7-11(8-2,9-3)6-4-5-10;1-3-5-4-2;1-4-6(3)5-2;1-2-3-4;1-2;3*1-3-2/h5-11H2,1-4H3;10H,4-6H2,1-3H3;3H,1,4-5H2,2H3;6H,1-3H3;4H,2-3H2,1H3;2H,1H3;;;.